The van der Waals surface area contributed by atoms with Crippen molar-refractivity contribution >= 4 is 33.9 Å². The molecule has 3 rings (SSSR count). The number of carbonyl (C=O) groups is 3. The fourth-order valence-corrected chi connectivity index (χ4v) is 3.64. The highest BCUT2D eigenvalue weighted by Crippen LogP contribution is 2.26. The number of nitrogens with one attached hydrogen (secondary N) is 3. The monoisotopic (exact) mass is 436 g/mol. The number of nitrogens with zero attached hydrogens (tertiary/aromatic N) is 1. The summed E-state index contributed by atoms with van der Waals surface area (Å²) in [5.74, 6) is 0.319. The van der Waals surface area contributed by atoms with Gasteiger partial charge in [-0.3, -0.25) is 4.79 Å². The highest BCUT2D eigenvalue weighted by atomic mass is 79.9. The Balaban J connectivity index is 1.60. The van der Waals surface area contributed by atoms with Gasteiger partial charge in [0.2, 0.25) is 0 Å². The van der Waals surface area contributed by atoms with Gasteiger partial charge >= 0.3 is 12.1 Å². The van der Waals surface area contributed by atoms with Gasteiger partial charge in [0.15, 0.2) is 0 Å². The molecule has 144 valence electrons. The van der Waals surface area contributed by atoms with Crippen molar-refractivity contribution in [2.75, 3.05) is 0 Å². The number of hydrazine groups is 1. The Bertz CT molecular complexity index is 817. The number of imide groups is 1. The van der Waals surface area contributed by atoms with E-state index in [1.807, 2.05) is 13.0 Å². The number of urea groups is 2. The van der Waals surface area contributed by atoms with E-state index in [4.69, 9.17) is 4.42 Å². The lowest BCUT2D eigenvalue weighted by Crippen LogP contribution is -2.52. The molecule has 3 N–H and O–H groups in total. The number of aryl methyl sites for hydroxylation is 1. The van der Waals surface area contributed by atoms with Crippen molar-refractivity contribution in [1.82, 2.24) is 21.1 Å². The van der Waals surface area contributed by atoms with E-state index in [0.717, 1.165) is 21.7 Å². The highest BCUT2D eigenvalue weighted by Gasteiger charge is 2.48. The highest BCUT2D eigenvalue weighted by molar-refractivity contribution is 9.11. The molecule has 1 saturated heterocycles. The standard InChI is InChI=1S/C18H21BrN4O4/c1-11-10-12(19)5-6-14(11)20-16(25)22-23-15(24)18(2,21-17(23)26)8-7-13-4-3-9-27-13/h3-6,9,11H,7-8,10H2,1-2H3,(H,21,26)(H2,20,22,25). The minimum Gasteiger partial charge on any atom is -0.469 e. The first-order valence-corrected chi connectivity index (χ1v) is 9.41. The van der Waals surface area contributed by atoms with Crippen LogP contribution in [0.2, 0.25) is 0 Å². The van der Waals surface area contributed by atoms with Gasteiger partial charge in [-0.15, -0.1) is 0 Å². The summed E-state index contributed by atoms with van der Waals surface area (Å²) in [6.07, 6.45) is 6.80. The zero-order valence-corrected chi connectivity index (χ0v) is 16.6. The first-order valence-electron chi connectivity index (χ1n) is 8.61. The number of amides is 5. The zero-order valence-electron chi connectivity index (χ0n) is 15.0. The first-order chi connectivity index (χ1) is 12.8. The average Bonchev–Trinajstić information content (AvgIpc) is 3.19. The summed E-state index contributed by atoms with van der Waals surface area (Å²) in [5.41, 5.74) is 1.93. The number of allylic oxidation sites excluding steroid dienone is 4. The molecule has 0 saturated carbocycles. The summed E-state index contributed by atoms with van der Waals surface area (Å²) >= 11 is 3.43. The molecule has 0 bridgehead atoms. The maximum atomic E-state index is 12.7. The number of halogens is 1. The second-order valence-corrected chi connectivity index (χ2v) is 7.91. The van der Waals surface area contributed by atoms with Gasteiger partial charge in [0.25, 0.3) is 5.91 Å². The summed E-state index contributed by atoms with van der Waals surface area (Å²) in [7, 11) is 0. The normalized spacial score (nSPS) is 25.0. The minimum atomic E-state index is -1.11. The number of furan rings is 1. The van der Waals surface area contributed by atoms with Crippen LogP contribution in [0.5, 0.6) is 0 Å². The molecule has 2 heterocycles. The number of hydrogen-bond donors (Lipinski definition) is 3. The van der Waals surface area contributed by atoms with E-state index in [2.05, 4.69) is 32.0 Å². The van der Waals surface area contributed by atoms with Gasteiger partial charge in [-0.05, 0) is 42.5 Å². The topological polar surface area (TPSA) is 104 Å². The average molecular weight is 437 g/mol. The van der Waals surface area contributed by atoms with Crippen LogP contribution in [-0.2, 0) is 11.2 Å². The van der Waals surface area contributed by atoms with Crippen molar-refractivity contribution in [2.45, 2.75) is 38.6 Å². The number of rotatable bonds is 5. The summed E-state index contributed by atoms with van der Waals surface area (Å²) in [4.78, 5) is 37.1. The number of hydrogen-bond acceptors (Lipinski definition) is 4. The SMILES string of the molecule is CC1CC(Br)=CC=C1NC(=O)NN1C(=O)NC(C)(CCc2ccco2)C1=O. The maximum Gasteiger partial charge on any atom is 0.344 e. The Labute approximate surface area is 165 Å². The van der Waals surface area contributed by atoms with Crippen LogP contribution in [-0.4, -0.2) is 28.5 Å². The van der Waals surface area contributed by atoms with Crippen LogP contribution in [0, 0.1) is 5.92 Å². The van der Waals surface area contributed by atoms with Crippen molar-refractivity contribution in [2.24, 2.45) is 5.92 Å². The van der Waals surface area contributed by atoms with Gasteiger partial charge < -0.3 is 15.1 Å². The molecule has 1 aromatic heterocycles. The summed E-state index contributed by atoms with van der Waals surface area (Å²) < 4.78 is 6.31. The van der Waals surface area contributed by atoms with Gasteiger partial charge in [0.1, 0.15) is 11.3 Å². The quantitative estimate of drug-likeness (QED) is 0.617. The molecule has 0 radical (unpaired) electrons. The van der Waals surface area contributed by atoms with Crippen molar-refractivity contribution in [3.05, 3.63) is 46.5 Å². The molecule has 1 aliphatic heterocycles. The van der Waals surface area contributed by atoms with Crippen LogP contribution in [0.4, 0.5) is 9.59 Å². The fourth-order valence-electron chi connectivity index (χ4n) is 3.02. The Morgan fingerprint density at radius 1 is 1.44 bits per heavy atom. The first kappa shape index (κ1) is 19.2. The fraction of sp³-hybridized carbons (Fsp3) is 0.389. The lowest BCUT2D eigenvalue weighted by atomic mass is 9.95. The van der Waals surface area contributed by atoms with Crippen LogP contribution in [0.25, 0.3) is 0 Å². The molecular weight excluding hydrogens is 416 g/mol. The molecule has 27 heavy (non-hydrogen) atoms. The van der Waals surface area contributed by atoms with Gasteiger partial charge in [0.05, 0.1) is 6.26 Å². The molecule has 1 fully saturated rings. The Morgan fingerprint density at radius 3 is 2.89 bits per heavy atom. The largest absolute Gasteiger partial charge is 0.469 e. The Kier molecular flexibility index (Phi) is 5.41. The van der Waals surface area contributed by atoms with Crippen molar-refractivity contribution in [3.8, 4) is 0 Å². The van der Waals surface area contributed by atoms with Crippen molar-refractivity contribution in [1.29, 1.82) is 0 Å². The maximum absolute atomic E-state index is 12.7. The third-order valence-corrected chi connectivity index (χ3v) is 5.25. The van der Waals surface area contributed by atoms with E-state index in [1.54, 1.807) is 31.4 Å². The molecular formula is C18H21BrN4O4. The molecule has 1 aliphatic carbocycles. The van der Waals surface area contributed by atoms with Gasteiger partial charge in [0, 0.05) is 18.0 Å². The van der Waals surface area contributed by atoms with E-state index in [-0.39, 0.29) is 5.92 Å². The smallest absolute Gasteiger partial charge is 0.344 e. The van der Waals surface area contributed by atoms with Crippen LogP contribution >= 0.6 is 15.9 Å². The summed E-state index contributed by atoms with van der Waals surface area (Å²) in [5, 5.41) is 6.05. The van der Waals surface area contributed by atoms with Crippen molar-refractivity contribution in [3.63, 3.8) is 0 Å². The minimum absolute atomic E-state index is 0.108. The Morgan fingerprint density at radius 2 is 2.22 bits per heavy atom. The molecule has 8 nitrogen and oxygen atoms in total. The predicted molar refractivity (Wildman–Crippen MR) is 101 cm³/mol. The van der Waals surface area contributed by atoms with E-state index in [9.17, 15) is 14.4 Å². The van der Waals surface area contributed by atoms with E-state index in [0.29, 0.717) is 18.5 Å². The van der Waals surface area contributed by atoms with E-state index < -0.39 is 23.5 Å². The predicted octanol–water partition coefficient (Wildman–Crippen LogP) is 2.94. The molecule has 9 heteroatoms. The molecule has 1 aromatic rings. The molecule has 2 unspecified atom stereocenters. The Hall–Kier alpha value is -2.55. The van der Waals surface area contributed by atoms with Gasteiger partial charge in [-0.1, -0.05) is 28.9 Å². The molecule has 5 amide bonds. The number of carbonyl (C=O) groups excluding carboxylic acids is 3. The molecule has 2 atom stereocenters. The van der Waals surface area contributed by atoms with Gasteiger partial charge in [-0.2, -0.15) is 5.01 Å². The lowest BCUT2D eigenvalue weighted by molar-refractivity contribution is -0.132. The van der Waals surface area contributed by atoms with Crippen LogP contribution in [0.3, 0.4) is 0 Å². The van der Waals surface area contributed by atoms with Crippen LogP contribution < -0.4 is 16.1 Å². The summed E-state index contributed by atoms with van der Waals surface area (Å²) in [6.45, 7) is 3.60. The van der Waals surface area contributed by atoms with Crippen molar-refractivity contribution < 1.29 is 18.8 Å². The van der Waals surface area contributed by atoms with E-state index in [1.165, 1.54) is 0 Å². The van der Waals surface area contributed by atoms with Crippen LogP contribution in [0.1, 0.15) is 32.4 Å². The molecule has 2 aliphatic rings. The lowest BCUT2D eigenvalue weighted by Gasteiger charge is -2.23. The second-order valence-electron chi connectivity index (χ2n) is 6.89. The third kappa shape index (κ3) is 4.24. The zero-order chi connectivity index (χ0) is 19.6. The molecule has 0 aromatic carbocycles. The van der Waals surface area contributed by atoms with E-state index >= 15 is 0 Å². The van der Waals surface area contributed by atoms with Crippen LogP contribution in [0.15, 0.2) is 45.1 Å². The summed E-state index contributed by atoms with van der Waals surface area (Å²) in [6, 6.07) is 2.27. The van der Waals surface area contributed by atoms with Gasteiger partial charge in [-0.25, -0.2) is 15.0 Å². The molecule has 0 spiro atoms. The third-order valence-electron chi connectivity index (χ3n) is 4.66. The second kappa shape index (κ2) is 7.59.